The van der Waals surface area contributed by atoms with Crippen LogP contribution in [-0.4, -0.2) is 47.7 Å². The number of hydrogen-bond donors (Lipinski definition) is 3. The summed E-state index contributed by atoms with van der Waals surface area (Å²) in [6, 6.07) is 20.7. The van der Waals surface area contributed by atoms with E-state index < -0.39 is 0 Å². The summed E-state index contributed by atoms with van der Waals surface area (Å²) in [6.07, 6.45) is 8.58. The quantitative estimate of drug-likeness (QED) is 0.101. The third kappa shape index (κ3) is 8.81. The van der Waals surface area contributed by atoms with Crippen molar-refractivity contribution in [3.05, 3.63) is 72.6 Å². The number of aromatic nitrogens is 3. The van der Waals surface area contributed by atoms with E-state index in [2.05, 4.69) is 67.6 Å². The molecule has 0 fully saturated rings. The van der Waals surface area contributed by atoms with Crippen molar-refractivity contribution in [1.82, 2.24) is 20.3 Å². The molecule has 1 unspecified atom stereocenters. The topological polar surface area (TPSA) is 101 Å². The molecule has 3 N–H and O–H groups in total. The number of nitrogens with zero attached hydrogens (tertiary/aromatic N) is 2. The molecule has 8 heteroatoms. The van der Waals surface area contributed by atoms with Crippen molar-refractivity contribution >= 4 is 22.8 Å². The molecule has 2 heterocycles. The van der Waals surface area contributed by atoms with Gasteiger partial charge in [-0.25, -0.2) is 9.97 Å². The Hall–Kier alpha value is -3.91. The van der Waals surface area contributed by atoms with Gasteiger partial charge in [0.05, 0.1) is 19.1 Å². The Morgan fingerprint density at radius 1 is 0.925 bits per heavy atom. The van der Waals surface area contributed by atoms with Crippen molar-refractivity contribution < 1.29 is 14.3 Å². The van der Waals surface area contributed by atoms with Crippen LogP contribution < -0.4 is 15.4 Å². The Labute approximate surface area is 236 Å². The van der Waals surface area contributed by atoms with Crippen LogP contribution in [-0.2, 0) is 9.53 Å². The fraction of sp³-hybridized carbons (Fsp3) is 0.406. The first-order chi connectivity index (χ1) is 19.6. The van der Waals surface area contributed by atoms with Crippen LogP contribution in [0.25, 0.3) is 22.3 Å². The van der Waals surface area contributed by atoms with Crippen molar-refractivity contribution in [2.75, 3.05) is 32.1 Å². The van der Waals surface area contributed by atoms with Gasteiger partial charge in [-0.05, 0) is 80.7 Å². The number of rotatable bonds is 17. The molecule has 2 aromatic carbocycles. The first-order valence-electron chi connectivity index (χ1n) is 14.3. The molecular weight excluding hydrogens is 502 g/mol. The molecule has 4 rings (SSSR count). The number of ether oxygens (including phenoxy) is 2. The number of methoxy groups -OCH3 is 1. The van der Waals surface area contributed by atoms with Gasteiger partial charge in [0, 0.05) is 18.2 Å². The third-order valence-corrected chi connectivity index (χ3v) is 6.97. The van der Waals surface area contributed by atoms with E-state index in [0.717, 1.165) is 79.1 Å². The second-order valence-electron chi connectivity index (χ2n) is 10.0. The fourth-order valence-corrected chi connectivity index (χ4v) is 4.64. The first kappa shape index (κ1) is 29.1. The molecular formula is C32H41N5O3. The molecule has 0 aliphatic heterocycles. The van der Waals surface area contributed by atoms with E-state index in [1.54, 1.807) is 6.33 Å². The van der Waals surface area contributed by atoms with Gasteiger partial charge in [-0.2, -0.15) is 0 Å². The van der Waals surface area contributed by atoms with Crippen LogP contribution in [0.3, 0.4) is 0 Å². The van der Waals surface area contributed by atoms with Crippen molar-refractivity contribution in [1.29, 1.82) is 0 Å². The van der Waals surface area contributed by atoms with Crippen LogP contribution in [0.2, 0.25) is 0 Å². The predicted molar refractivity (Wildman–Crippen MR) is 161 cm³/mol. The van der Waals surface area contributed by atoms with Gasteiger partial charge >= 0.3 is 5.97 Å². The summed E-state index contributed by atoms with van der Waals surface area (Å²) in [4.78, 5) is 23.4. The van der Waals surface area contributed by atoms with Gasteiger partial charge in [0.1, 0.15) is 23.5 Å². The molecule has 0 saturated carbocycles. The summed E-state index contributed by atoms with van der Waals surface area (Å²) in [5.41, 5.74) is 4.07. The predicted octanol–water partition coefficient (Wildman–Crippen LogP) is 6.67. The van der Waals surface area contributed by atoms with Crippen molar-refractivity contribution in [2.24, 2.45) is 0 Å². The number of esters is 1. The number of fused-ring (bicyclic) bond motifs is 1. The zero-order valence-electron chi connectivity index (χ0n) is 23.6. The highest BCUT2D eigenvalue weighted by molar-refractivity contribution is 5.91. The minimum atomic E-state index is -0.111. The van der Waals surface area contributed by atoms with E-state index in [1.807, 2.05) is 30.3 Å². The highest BCUT2D eigenvalue weighted by Gasteiger charge is 2.12. The standard InChI is InChI=1S/C32H41N5O3/c1-24(25-12-7-6-8-13-25)36-31-28-22-29(37-32(28)35-23-34-31)26-15-17-27(18-16-26)40-21-11-20-33-19-10-5-3-4-9-14-30(38)39-2/h6-8,12-13,15-18,22-24,33H,3-5,9-11,14,19-21H2,1-2H3,(H2,34,35,36,37). The summed E-state index contributed by atoms with van der Waals surface area (Å²) in [5.74, 6) is 1.57. The second-order valence-corrected chi connectivity index (χ2v) is 10.0. The van der Waals surface area contributed by atoms with Gasteiger partial charge in [0.25, 0.3) is 0 Å². The average Bonchev–Trinajstić information content (AvgIpc) is 3.44. The lowest BCUT2D eigenvalue weighted by Gasteiger charge is -2.15. The molecule has 8 nitrogen and oxygen atoms in total. The summed E-state index contributed by atoms with van der Waals surface area (Å²) in [5, 5.41) is 7.97. The Bertz CT molecular complexity index is 1310. The zero-order valence-corrected chi connectivity index (χ0v) is 23.6. The van der Waals surface area contributed by atoms with Gasteiger partial charge in [0.2, 0.25) is 0 Å². The maximum atomic E-state index is 11.1. The van der Waals surface area contributed by atoms with E-state index in [0.29, 0.717) is 13.0 Å². The Morgan fingerprint density at radius 2 is 1.68 bits per heavy atom. The fourth-order valence-electron chi connectivity index (χ4n) is 4.64. The van der Waals surface area contributed by atoms with Crippen LogP contribution in [0.4, 0.5) is 5.82 Å². The molecule has 0 saturated heterocycles. The lowest BCUT2D eigenvalue weighted by atomic mass is 10.1. The molecule has 0 aliphatic carbocycles. The van der Waals surface area contributed by atoms with E-state index in [-0.39, 0.29) is 12.0 Å². The maximum Gasteiger partial charge on any atom is 0.305 e. The third-order valence-electron chi connectivity index (χ3n) is 6.97. The van der Waals surface area contributed by atoms with Crippen LogP contribution in [0.5, 0.6) is 5.75 Å². The monoisotopic (exact) mass is 543 g/mol. The van der Waals surface area contributed by atoms with Crippen LogP contribution >= 0.6 is 0 Å². The van der Waals surface area contributed by atoms with Gasteiger partial charge in [-0.15, -0.1) is 0 Å². The lowest BCUT2D eigenvalue weighted by Crippen LogP contribution is -2.18. The molecule has 4 aromatic rings. The van der Waals surface area contributed by atoms with Crippen LogP contribution in [0, 0.1) is 0 Å². The van der Waals surface area contributed by atoms with Crippen molar-refractivity contribution in [2.45, 2.75) is 57.9 Å². The molecule has 0 amide bonds. The van der Waals surface area contributed by atoms with E-state index in [1.165, 1.54) is 19.1 Å². The van der Waals surface area contributed by atoms with E-state index >= 15 is 0 Å². The number of carbonyl (C=O) groups is 1. The second kappa shape index (κ2) is 15.6. The van der Waals surface area contributed by atoms with Crippen molar-refractivity contribution in [3.63, 3.8) is 0 Å². The number of aromatic amines is 1. The lowest BCUT2D eigenvalue weighted by molar-refractivity contribution is -0.140. The minimum absolute atomic E-state index is 0.111. The Kier molecular flexibility index (Phi) is 11.4. The first-order valence-corrected chi connectivity index (χ1v) is 14.3. The highest BCUT2D eigenvalue weighted by Crippen LogP contribution is 2.29. The molecule has 212 valence electrons. The van der Waals surface area contributed by atoms with E-state index in [9.17, 15) is 4.79 Å². The number of nitrogens with one attached hydrogen (secondary N) is 3. The van der Waals surface area contributed by atoms with Gasteiger partial charge in [-0.1, -0.05) is 49.6 Å². The summed E-state index contributed by atoms with van der Waals surface area (Å²) in [7, 11) is 1.44. The number of carbonyl (C=O) groups excluding carboxylic acids is 1. The summed E-state index contributed by atoms with van der Waals surface area (Å²) >= 11 is 0. The molecule has 40 heavy (non-hydrogen) atoms. The molecule has 0 bridgehead atoms. The van der Waals surface area contributed by atoms with Gasteiger partial charge in [-0.3, -0.25) is 4.79 Å². The van der Waals surface area contributed by atoms with Gasteiger partial charge in [0.15, 0.2) is 0 Å². The molecule has 1 atom stereocenters. The Balaban J connectivity index is 1.16. The highest BCUT2D eigenvalue weighted by atomic mass is 16.5. The van der Waals surface area contributed by atoms with Crippen molar-refractivity contribution in [3.8, 4) is 17.0 Å². The molecule has 0 spiro atoms. The number of anilines is 1. The van der Waals surface area contributed by atoms with Crippen LogP contribution in [0.1, 0.15) is 63.5 Å². The molecule has 0 aliphatic rings. The molecule has 2 aromatic heterocycles. The number of unbranched alkanes of at least 4 members (excludes halogenated alkanes) is 4. The number of H-pyrrole nitrogens is 1. The minimum Gasteiger partial charge on any atom is -0.494 e. The molecule has 0 radical (unpaired) electrons. The maximum absolute atomic E-state index is 11.1. The summed E-state index contributed by atoms with van der Waals surface area (Å²) in [6.45, 7) is 4.76. The number of benzene rings is 2. The Morgan fingerprint density at radius 3 is 2.48 bits per heavy atom. The van der Waals surface area contributed by atoms with Crippen LogP contribution in [0.15, 0.2) is 67.0 Å². The summed E-state index contributed by atoms with van der Waals surface area (Å²) < 4.78 is 10.6. The smallest absolute Gasteiger partial charge is 0.305 e. The SMILES string of the molecule is COC(=O)CCCCCCCNCCCOc1ccc(-c2cc3c(NC(C)c4ccccc4)ncnc3[nH]2)cc1. The average molecular weight is 544 g/mol. The zero-order chi connectivity index (χ0) is 28.0. The largest absolute Gasteiger partial charge is 0.494 e. The normalized spacial score (nSPS) is 11.8. The van der Waals surface area contributed by atoms with E-state index in [4.69, 9.17) is 4.74 Å². The number of hydrogen-bond acceptors (Lipinski definition) is 7. The van der Waals surface area contributed by atoms with Gasteiger partial charge < -0.3 is 25.1 Å².